The number of aryl methyl sites for hydroxylation is 2. The third-order valence-electron chi connectivity index (χ3n) is 3.37. The Morgan fingerprint density at radius 2 is 1.85 bits per heavy atom. The zero-order valence-electron chi connectivity index (χ0n) is 11.8. The first-order valence-corrected chi connectivity index (χ1v) is 6.65. The van der Waals surface area contributed by atoms with Crippen molar-refractivity contribution in [1.29, 1.82) is 0 Å². The molecule has 1 unspecified atom stereocenters. The molecule has 2 aromatic rings. The van der Waals surface area contributed by atoms with Crippen LogP contribution in [-0.4, -0.2) is 11.1 Å². The smallest absolute Gasteiger partial charge is 0.325 e. The second kappa shape index (κ2) is 6.35. The largest absolute Gasteiger partial charge is 0.480 e. The lowest BCUT2D eigenvalue weighted by molar-refractivity contribution is -0.139. The maximum absolute atomic E-state index is 11.4. The molecule has 0 radical (unpaired) electrons. The fourth-order valence-corrected chi connectivity index (χ4v) is 2.25. The van der Waals surface area contributed by atoms with Crippen molar-refractivity contribution in [3.63, 3.8) is 0 Å². The van der Waals surface area contributed by atoms with Crippen LogP contribution in [0, 0.1) is 13.8 Å². The summed E-state index contributed by atoms with van der Waals surface area (Å²) in [5.41, 5.74) is 4.28. The minimum Gasteiger partial charge on any atom is -0.480 e. The Morgan fingerprint density at radius 3 is 2.45 bits per heavy atom. The van der Waals surface area contributed by atoms with E-state index < -0.39 is 12.0 Å². The van der Waals surface area contributed by atoms with Gasteiger partial charge in [-0.1, -0.05) is 54.1 Å². The summed E-state index contributed by atoms with van der Waals surface area (Å²) in [4.78, 5) is 11.4. The van der Waals surface area contributed by atoms with Gasteiger partial charge in [-0.15, -0.1) is 0 Å². The average molecular weight is 269 g/mol. The molecule has 0 saturated carbocycles. The summed E-state index contributed by atoms with van der Waals surface area (Å²) in [6.45, 7) is 4.63. The Kier molecular flexibility index (Phi) is 4.53. The molecule has 0 spiro atoms. The standard InChI is InChI=1S/C17H19NO2/c1-12-8-9-15(13(2)10-12)11-18-16(17(19)20)14-6-4-3-5-7-14/h3-10,16,18H,11H2,1-2H3,(H,19,20). The fraction of sp³-hybridized carbons (Fsp3) is 0.235. The van der Waals surface area contributed by atoms with Crippen molar-refractivity contribution in [1.82, 2.24) is 5.32 Å². The average Bonchev–Trinajstić information content (AvgIpc) is 2.42. The van der Waals surface area contributed by atoms with Crippen LogP contribution >= 0.6 is 0 Å². The molecule has 0 heterocycles. The molecule has 0 saturated heterocycles. The van der Waals surface area contributed by atoms with E-state index in [1.165, 1.54) is 11.1 Å². The van der Waals surface area contributed by atoms with Crippen LogP contribution in [-0.2, 0) is 11.3 Å². The van der Waals surface area contributed by atoms with E-state index in [0.717, 1.165) is 11.1 Å². The lowest BCUT2D eigenvalue weighted by atomic mass is 10.0. The van der Waals surface area contributed by atoms with E-state index in [-0.39, 0.29) is 0 Å². The Hall–Kier alpha value is -2.13. The third kappa shape index (κ3) is 3.45. The molecule has 20 heavy (non-hydrogen) atoms. The SMILES string of the molecule is Cc1ccc(CNC(C(=O)O)c2ccccc2)c(C)c1. The summed E-state index contributed by atoms with van der Waals surface area (Å²) in [7, 11) is 0. The Bertz CT molecular complexity index is 593. The molecule has 0 bridgehead atoms. The van der Waals surface area contributed by atoms with Crippen molar-refractivity contribution in [3.8, 4) is 0 Å². The molecule has 0 aliphatic rings. The van der Waals surface area contributed by atoms with E-state index in [9.17, 15) is 9.90 Å². The van der Waals surface area contributed by atoms with Gasteiger partial charge in [0.05, 0.1) is 0 Å². The first-order valence-electron chi connectivity index (χ1n) is 6.65. The van der Waals surface area contributed by atoms with Crippen molar-refractivity contribution in [2.75, 3.05) is 0 Å². The summed E-state index contributed by atoms with van der Waals surface area (Å²) >= 11 is 0. The lowest BCUT2D eigenvalue weighted by Crippen LogP contribution is -2.28. The first-order chi connectivity index (χ1) is 9.58. The van der Waals surface area contributed by atoms with Crippen LogP contribution in [0.15, 0.2) is 48.5 Å². The summed E-state index contributed by atoms with van der Waals surface area (Å²) in [5, 5.41) is 12.5. The predicted octanol–water partition coefficient (Wildman–Crippen LogP) is 3.22. The highest BCUT2D eigenvalue weighted by Crippen LogP contribution is 2.15. The van der Waals surface area contributed by atoms with E-state index in [2.05, 4.69) is 11.4 Å². The highest BCUT2D eigenvalue weighted by molar-refractivity contribution is 5.75. The fourth-order valence-electron chi connectivity index (χ4n) is 2.25. The zero-order chi connectivity index (χ0) is 14.5. The molecule has 0 fully saturated rings. The molecule has 3 heteroatoms. The molecule has 1 atom stereocenters. The Labute approximate surface area is 119 Å². The monoisotopic (exact) mass is 269 g/mol. The summed E-state index contributed by atoms with van der Waals surface area (Å²) < 4.78 is 0. The number of hydrogen-bond acceptors (Lipinski definition) is 2. The lowest BCUT2D eigenvalue weighted by Gasteiger charge is -2.16. The van der Waals surface area contributed by atoms with E-state index in [1.54, 1.807) is 0 Å². The van der Waals surface area contributed by atoms with Gasteiger partial charge in [-0.25, -0.2) is 0 Å². The molecule has 0 amide bonds. The number of rotatable bonds is 5. The zero-order valence-corrected chi connectivity index (χ0v) is 11.8. The van der Waals surface area contributed by atoms with Crippen molar-refractivity contribution >= 4 is 5.97 Å². The Balaban J connectivity index is 2.12. The van der Waals surface area contributed by atoms with Gasteiger partial charge in [0.1, 0.15) is 6.04 Å². The van der Waals surface area contributed by atoms with Gasteiger partial charge in [0, 0.05) is 6.54 Å². The minimum absolute atomic E-state index is 0.540. The van der Waals surface area contributed by atoms with Crippen molar-refractivity contribution in [3.05, 3.63) is 70.8 Å². The van der Waals surface area contributed by atoms with Gasteiger partial charge in [0.25, 0.3) is 0 Å². The molecule has 104 valence electrons. The van der Waals surface area contributed by atoms with Crippen LogP contribution in [0.1, 0.15) is 28.3 Å². The van der Waals surface area contributed by atoms with Gasteiger partial charge in [0.2, 0.25) is 0 Å². The van der Waals surface area contributed by atoms with Gasteiger partial charge < -0.3 is 5.11 Å². The number of benzene rings is 2. The number of nitrogens with one attached hydrogen (secondary N) is 1. The molecule has 0 aromatic heterocycles. The number of carbonyl (C=O) groups is 1. The Morgan fingerprint density at radius 1 is 1.15 bits per heavy atom. The number of carboxylic acid groups (broad SMARTS) is 1. The molecule has 0 aliphatic heterocycles. The van der Waals surface area contributed by atoms with E-state index in [1.807, 2.05) is 56.3 Å². The second-order valence-electron chi connectivity index (χ2n) is 4.99. The quantitative estimate of drug-likeness (QED) is 0.876. The number of aliphatic carboxylic acids is 1. The van der Waals surface area contributed by atoms with Crippen LogP contribution in [0.3, 0.4) is 0 Å². The molecule has 0 aliphatic carbocycles. The summed E-state index contributed by atoms with van der Waals surface area (Å²) in [6.07, 6.45) is 0. The van der Waals surface area contributed by atoms with E-state index >= 15 is 0 Å². The topological polar surface area (TPSA) is 49.3 Å². The molecular formula is C17H19NO2. The molecule has 3 nitrogen and oxygen atoms in total. The van der Waals surface area contributed by atoms with Crippen LogP contribution in [0.4, 0.5) is 0 Å². The van der Waals surface area contributed by atoms with E-state index in [4.69, 9.17) is 0 Å². The maximum Gasteiger partial charge on any atom is 0.325 e. The summed E-state index contributed by atoms with van der Waals surface area (Å²) in [5.74, 6) is -0.860. The maximum atomic E-state index is 11.4. The minimum atomic E-state index is -0.860. The highest BCUT2D eigenvalue weighted by atomic mass is 16.4. The van der Waals surface area contributed by atoms with Gasteiger partial charge in [-0.2, -0.15) is 0 Å². The molecule has 2 aromatic carbocycles. The highest BCUT2D eigenvalue weighted by Gasteiger charge is 2.18. The van der Waals surface area contributed by atoms with Crippen LogP contribution < -0.4 is 5.32 Å². The molecule has 2 rings (SSSR count). The van der Waals surface area contributed by atoms with Crippen molar-refractivity contribution < 1.29 is 9.90 Å². The van der Waals surface area contributed by atoms with Crippen LogP contribution in [0.2, 0.25) is 0 Å². The van der Waals surface area contributed by atoms with Crippen molar-refractivity contribution in [2.45, 2.75) is 26.4 Å². The predicted molar refractivity (Wildman–Crippen MR) is 79.6 cm³/mol. The summed E-state index contributed by atoms with van der Waals surface area (Å²) in [6, 6.07) is 14.7. The number of carboxylic acids is 1. The second-order valence-corrected chi connectivity index (χ2v) is 4.99. The van der Waals surface area contributed by atoms with Gasteiger partial charge >= 0.3 is 5.97 Å². The van der Waals surface area contributed by atoms with Crippen molar-refractivity contribution in [2.24, 2.45) is 0 Å². The van der Waals surface area contributed by atoms with Gasteiger partial charge in [0.15, 0.2) is 0 Å². The van der Waals surface area contributed by atoms with Crippen LogP contribution in [0.5, 0.6) is 0 Å². The van der Waals surface area contributed by atoms with Gasteiger partial charge in [-0.05, 0) is 30.5 Å². The first kappa shape index (κ1) is 14.3. The van der Waals surface area contributed by atoms with E-state index in [0.29, 0.717) is 6.54 Å². The molecular weight excluding hydrogens is 250 g/mol. The van der Waals surface area contributed by atoms with Crippen LogP contribution in [0.25, 0.3) is 0 Å². The van der Waals surface area contributed by atoms with Gasteiger partial charge in [-0.3, -0.25) is 10.1 Å². The molecule has 2 N–H and O–H groups in total. The normalized spacial score (nSPS) is 12.1. The number of hydrogen-bond donors (Lipinski definition) is 2. The third-order valence-corrected chi connectivity index (χ3v) is 3.37.